The molecule has 1 saturated heterocycles. The van der Waals surface area contributed by atoms with Gasteiger partial charge in [-0.05, 0) is 35.4 Å². The average Bonchev–Trinajstić information content (AvgIpc) is 2.61. The fourth-order valence-electron chi connectivity index (χ4n) is 2.47. The molecule has 0 spiro atoms. The number of carbonyl (C=O) groups is 2. The summed E-state index contributed by atoms with van der Waals surface area (Å²) in [6, 6.07) is 14.8. The molecule has 6 heteroatoms. The van der Waals surface area contributed by atoms with E-state index in [1.807, 2.05) is 48.5 Å². The van der Waals surface area contributed by atoms with Crippen molar-refractivity contribution in [3.63, 3.8) is 0 Å². The first-order chi connectivity index (χ1) is 11.7. The van der Waals surface area contributed by atoms with E-state index in [2.05, 4.69) is 5.32 Å². The number of nitrogens with one attached hydrogen (secondary N) is 1. The summed E-state index contributed by atoms with van der Waals surface area (Å²) in [6.45, 7) is 1.37. The van der Waals surface area contributed by atoms with E-state index in [1.165, 1.54) is 4.90 Å². The van der Waals surface area contributed by atoms with Crippen LogP contribution >= 0.6 is 0 Å². The summed E-state index contributed by atoms with van der Waals surface area (Å²) in [6.07, 6.45) is 0.308. The summed E-state index contributed by atoms with van der Waals surface area (Å²) in [7, 11) is 0. The Labute approximate surface area is 140 Å². The van der Waals surface area contributed by atoms with Crippen molar-refractivity contribution < 1.29 is 14.3 Å². The van der Waals surface area contributed by atoms with Crippen LogP contribution in [0.1, 0.15) is 17.5 Å². The van der Waals surface area contributed by atoms with Gasteiger partial charge < -0.3 is 10.5 Å². The number of rotatable bonds is 5. The van der Waals surface area contributed by atoms with E-state index in [9.17, 15) is 9.59 Å². The van der Waals surface area contributed by atoms with Crippen LogP contribution in [-0.2, 0) is 17.9 Å². The second kappa shape index (κ2) is 7.14. The number of nitrogens with zero attached hydrogens (tertiary/aromatic N) is 1. The van der Waals surface area contributed by atoms with Crippen LogP contribution in [0.5, 0.6) is 5.75 Å². The molecule has 24 heavy (non-hydrogen) atoms. The molecule has 1 fully saturated rings. The molecule has 2 aromatic carbocycles. The summed E-state index contributed by atoms with van der Waals surface area (Å²) >= 11 is 0. The normalized spacial score (nSPS) is 14.5. The van der Waals surface area contributed by atoms with Gasteiger partial charge in [0.15, 0.2) is 0 Å². The number of ether oxygens (including phenoxy) is 1. The molecule has 0 bridgehead atoms. The van der Waals surface area contributed by atoms with Crippen molar-refractivity contribution in [3.05, 3.63) is 59.7 Å². The van der Waals surface area contributed by atoms with E-state index in [4.69, 9.17) is 10.5 Å². The van der Waals surface area contributed by atoms with Crippen LogP contribution in [0.25, 0.3) is 0 Å². The minimum Gasteiger partial charge on any atom is -0.489 e. The number of benzene rings is 2. The maximum Gasteiger partial charge on any atom is 0.328 e. The number of hydrogen-bond donors (Lipinski definition) is 2. The Kier molecular flexibility index (Phi) is 4.77. The molecule has 6 nitrogen and oxygen atoms in total. The highest BCUT2D eigenvalue weighted by Crippen LogP contribution is 2.22. The molecule has 1 aliphatic heterocycles. The van der Waals surface area contributed by atoms with Gasteiger partial charge >= 0.3 is 6.03 Å². The lowest BCUT2D eigenvalue weighted by Gasteiger charge is -2.26. The molecule has 1 aliphatic rings. The number of anilines is 1. The zero-order valence-corrected chi connectivity index (χ0v) is 13.2. The third-order valence-electron chi connectivity index (χ3n) is 3.87. The predicted octanol–water partition coefficient (Wildman–Crippen LogP) is 2.17. The Morgan fingerprint density at radius 2 is 1.67 bits per heavy atom. The smallest absolute Gasteiger partial charge is 0.328 e. The molecular formula is C18H19N3O3. The predicted molar refractivity (Wildman–Crippen MR) is 90.6 cm³/mol. The topological polar surface area (TPSA) is 84.7 Å². The van der Waals surface area contributed by atoms with Crippen LogP contribution in [0.2, 0.25) is 0 Å². The fourth-order valence-corrected chi connectivity index (χ4v) is 2.47. The van der Waals surface area contributed by atoms with Crippen LogP contribution in [0, 0.1) is 0 Å². The van der Waals surface area contributed by atoms with E-state index >= 15 is 0 Å². The van der Waals surface area contributed by atoms with E-state index < -0.39 is 0 Å². The summed E-state index contributed by atoms with van der Waals surface area (Å²) in [5, 5.41) is 2.31. The van der Waals surface area contributed by atoms with Gasteiger partial charge in [-0.15, -0.1) is 0 Å². The number of hydrogen-bond acceptors (Lipinski definition) is 4. The van der Waals surface area contributed by atoms with Crippen LogP contribution in [-0.4, -0.2) is 18.5 Å². The first-order valence-corrected chi connectivity index (χ1v) is 7.78. The van der Waals surface area contributed by atoms with Crippen LogP contribution in [0.3, 0.4) is 0 Å². The van der Waals surface area contributed by atoms with E-state index in [0.717, 1.165) is 22.6 Å². The quantitative estimate of drug-likeness (QED) is 0.882. The highest BCUT2D eigenvalue weighted by Gasteiger charge is 2.23. The molecule has 0 aromatic heterocycles. The number of urea groups is 1. The van der Waals surface area contributed by atoms with Gasteiger partial charge in [-0.1, -0.05) is 24.3 Å². The van der Waals surface area contributed by atoms with Crippen molar-refractivity contribution in [2.45, 2.75) is 19.6 Å². The minimum absolute atomic E-state index is 0.239. The molecule has 0 radical (unpaired) electrons. The molecule has 1 heterocycles. The second-order valence-electron chi connectivity index (χ2n) is 5.56. The number of imide groups is 1. The molecule has 124 valence electrons. The Morgan fingerprint density at radius 3 is 2.29 bits per heavy atom. The van der Waals surface area contributed by atoms with Crippen molar-refractivity contribution >= 4 is 17.6 Å². The summed E-state index contributed by atoms with van der Waals surface area (Å²) in [5.74, 6) is 0.479. The van der Waals surface area contributed by atoms with Crippen molar-refractivity contribution in [3.8, 4) is 5.75 Å². The van der Waals surface area contributed by atoms with E-state index in [-0.39, 0.29) is 11.9 Å². The Balaban J connectivity index is 1.60. The molecule has 2 aromatic rings. The molecule has 0 saturated carbocycles. The summed E-state index contributed by atoms with van der Waals surface area (Å²) < 4.78 is 5.75. The van der Waals surface area contributed by atoms with Gasteiger partial charge in [-0.3, -0.25) is 15.0 Å². The van der Waals surface area contributed by atoms with Crippen molar-refractivity contribution in [1.29, 1.82) is 0 Å². The first kappa shape index (κ1) is 16.0. The van der Waals surface area contributed by atoms with Crippen molar-refractivity contribution in [2.75, 3.05) is 11.4 Å². The monoisotopic (exact) mass is 325 g/mol. The maximum atomic E-state index is 11.8. The number of nitrogens with two attached hydrogens (primary N) is 1. The number of amides is 3. The number of carbonyl (C=O) groups excluding carboxylic acids is 2. The molecule has 3 rings (SSSR count). The van der Waals surface area contributed by atoms with Gasteiger partial charge in [0, 0.05) is 25.2 Å². The highest BCUT2D eigenvalue weighted by molar-refractivity contribution is 6.05. The van der Waals surface area contributed by atoms with E-state index in [0.29, 0.717) is 26.1 Å². The fraction of sp³-hybridized carbons (Fsp3) is 0.222. The molecule has 3 amide bonds. The van der Waals surface area contributed by atoms with E-state index in [1.54, 1.807) is 0 Å². The Morgan fingerprint density at radius 1 is 1.00 bits per heavy atom. The SMILES string of the molecule is NCc1ccc(COc2ccc(N3CCC(=O)NC3=O)cc2)cc1. The van der Waals surface area contributed by atoms with Gasteiger partial charge in [0.25, 0.3) is 0 Å². The first-order valence-electron chi connectivity index (χ1n) is 7.78. The largest absolute Gasteiger partial charge is 0.489 e. The molecule has 0 atom stereocenters. The lowest BCUT2D eigenvalue weighted by molar-refractivity contribution is -0.120. The van der Waals surface area contributed by atoms with Gasteiger partial charge in [0.1, 0.15) is 12.4 Å². The third kappa shape index (κ3) is 3.72. The van der Waals surface area contributed by atoms with Gasteiger partial charge in [0.2, 0.25) is 5.91 Å². The molecule has 0 aliphatic carbocycles. The van der Waals surface area contributed by atoms with Crippen LogP contribution in [0.4, 0.5) is 10.5 Å². The molecular weight excluding hydrogens is 306 g/mol. The lowest BCUT2D eigenvalue weighted by atomic mass is 10.1. The van der Waals surface area contributed by atoms with Crippen molar-refractivity contribution in [2.24, 2.45) is 5.73 Å². The Bertz CT molecular complexity index is 726. The second-order valence-corrected chi connectivity index (χ2v) is 5.56. The van der Waals surface area contributed by atoms with Gasteiger partial charge in [-0.25, -0.2) is 4.79 Å². The highest BCUT2D eigenvalue weighted by atomic mass is 16.5. The molecule has 3 N–H and O–H groups in total. The van der Waals surface area contributed by atoms with Gasteiger partial charge in [-0.2, -0.15) is 0 Å². The Hall–Kier alpha value is -2.86. The summed E-state index contributed by atoms with van der Waals surface area (Å²) in [5.41, 5.74) is 8.46. The summed E-state index contributed by atoms with van der Waals surface area (Å²) in [4.78, 5) is 24.5. The maximum absolute atomic E-state index is 11.8. The third-order valence-corrected chi connectivity index (χ3v) is 3.87. The average molecular weight is 325 g/mol. The van der Waals surface area contributed by atoms with Crippen LogP contribution < -0.4 is 20.7 Å². The lowest BCUT2D eigenvalue weighted by Crippen LogP contribution is -2.49. The van der Waals surface area contributed by atoms with Crippen molar-refractivity contribution in [1.82, 2.24) is 5.32 Å². The molecule has 0 unspecified atom stereocenters. The standard InChI is InChI=1S/C18H19N3O3/c19-11-13-1-3-14(4-2-13)12-24-16-7-5-15(6-8-16)21-10-9-17(22)20-18(21)23/h1-8H,9-12,19H2,(H,20,22,23). The zero-order chi connectivity index (χ0) is 16.9. The van der Waals surface area contributed by atoms with Gasteiger partial charge in [0.05, 0.1) is 0 Å². The van der Waals surface area contributed by atoms with Crippen LogP contribution in [0.15, 0.2) is 48.5 Å². The zero-order valence-electron chi connectivity index (χ0n) is 13.2. The minimum atomic E-state index is -0.389.